The second-order valence-electron chi connectivity index (χ2n) is 6.32. The van der Waals surface area contributed by atoms with E-state index < -0.39 is 11.8 Å². The lowest BCUT2D eigenvalue weighted by atomic mass is 10.2. The van der Waals surface area contributed by atoms with Crippen LogP contribution < -0.4 is 9.64 Å². The normalized spacial score (nSPS) is 15.0. The van der Waals surface area contributed by atoms with Gasteiger partial charge in [-0.3, -0.25) is 9.69 Å². The van der Waals surface area contributed by atoms with Crippen LogP contribution in [0.3, 0.4) is 0 Å². The molecule has 1 aliphatic heterocycles. The van der Waals surface area contributed by atoms with Crippen LogP contribution in [-0.2, 0) is 4.79 Å². The Balaban J connectivity index is 1.47. The number of esters is 1. The predicted octanol–water partition coefficient (Wildman–Crippen LogP) is 5.45. The Hall–Kier alpha value is -3.29. The number of halogens is 1. The van der Waals surface area contributed by atoms with Crippen LogP contribution in [0.4, 0.5) is 10.1 Å². The molecule has 30 heavy (non-hydrogen) atoms. The molecule has 1 saturated heterocycles. The van der Waals surface area contributed by atoms with Gasteiger partial charge in [0.2, 0.25) is 0 Å². The van der Waals surface area contributed by atoms with Crippen LogP contribution >= 0.6 is 24.0 Å². The minimum Gasteiger partial charge on any atom is -0.423 e. The molecule has 3 aromatic rings. The minimum atomic E-state index is -0.577. The SMILES string of the molecule is O=C(Oc1ccc(/C=C2/SC(=S)N(c3ccccc3)C2=O)cc1)c1ccc(F)cc1. The Morgan fingerprint density at radius 2 is 1.63 bits per heavy atom. The number of benzene rings is 3. The summed E-state index contributed by atoms with van der Waals surface area (Å²) in [6.45, 7) is 0. The van der Waals surface area contributed by atoms with Crippen LogP contribution in [0.15, 0.2) is 83.8 Å². The summed E-state index contributed by atoms with van der Waals surface area (Å²) in [7, 11) is 0. The predicted molar refractivity (Wildman–Crippen MR) is 120 cm³/mol. The first-order chi connectivity index (χ1) is 14.5. The van der Waals surface area contributed by atoms with Crippen LogP contribution in [0.25, 0.3) is 6.08 Å². The fourth-order valence-corrected chi connectivity index (χ4v) is 4.10. The number of para-hydroxylation sites is 1. The molecular formula is C23H14FNO3S2. The second-order valence-corrected chi connectivity index (χ2v) is 7.99. The van der Waals surface area contributed by atoms with Crippen molar-refractivity contribution in [2.24, 2.45) is 0 Å². The fourth-order valence-electron chi connectivity index (χ4n) is 2.80. The summed E-state index contributed by atoms with van der Waals surface area (Å²) in [5.41, 5.74) is 1.75. The van der Waals surface area contributed by atoms with Crippen molar-refractivity contribution in [3.63, 3.8) is 0 Å². The number of thiocarbonyl (C=S) groups is 1. The van der Waals surface area contributed by atoms with Gasteiger partial charge < -0.3 is 4.74 Å². The molecule has 0 saturated carbocycles. The summed E-state index contributed by atoms with van der Waals surface area (Å²) in [6.07, 6.45) is 1.74. The van der Waals surface area contributed by atoms with Gasteiger partial charge in [-0.05, 0) is 60.2 Å². The van der Waals surface area contributed by atoms with Crippen molar-refractivity contribution in [3.05, 3.63) is 101 Å². The van der Waals surface area contributed by atoms with E-state index in [2.05, 4.69) is 0 Å². The monoisotopic (exact) mass is 435 g/mol. The standard InChI is InChI=1S/C23H14FNO3S2/c24-17-10-8-16(9-11-17)22(27)28-19-12-6-15(7-13-19)14-20-21(26)25(23(29)30-20)18-4-2-1-3-5-18/h1-14H/b20-14+. The number of carbonyl (C=O) groups excluding carboxylic acids is 2. The van der Waals surface area contributed by atoms with E-state index in [1.807, 2.05) is 30.3 Å². The summed E-state index contributed by atoms with van der Waals surface area (Å²) in [5.74, 6) is -0.832. The Kier molecular flexibility index (Phi) is 5.74. The van der Waals surface area contributed by atoms with Gasteiger partial charge in [-0.2, -0.15) is 0 Å². The molecule has 0 radical (unpaired) electrons. The van der Waals surface area contributed by atoms with Gasteiger partial charge in [-0.25, -0.2) is 9.18 Å². The maximum atomic E-state index is 13.0. The van der Waals surface area contributed by atoms with Crippen molar-refractivity contribution in [3.8, 4) is 5.75 Å². The van der Waals surface area contributed by atoms with Crippen molar-refractivity contribution in [1.82, 2.24) is 0 Å². The maximum Gasteiger partial charge on any atom is 0.343 e. The van der Waals surface area contributed by atoms with E-state index in [0.717, 1.165) is 11.3 Å². The van der Waals surface area contributed by atoms with Gasteiger partial charge in [-0.1, -0.05) is 54.3 Å². The molecule has 0 unspecified atom stereocenters. The zero-order valence-corrected chi connectivity index (χ0v) is 17.1. The zero-order chi connectivity index (χ0) is 21.1. The first-order valence-corrected chi connectivity index (χ1v) is 10.1. The lowest BCUT2D eigenvalue weighted by Gasteiger charge is -2.13. The van der Waals surface area contributed by atoms with Crippen molar-refractivity contribution in [2.75, 3.05) is 4.90 Å². The molecule has 0 spiro atoms. The van der Waals surface area contributed by atoms with E-state index >= 15 is 0 Å². The number of nitrogens with zero attached hydrogens (tertiary/aromatic N) is 1. The van der Waals surface area contributed by atoms with Crippen molar-refractivity contribution < 1.29 is 18.7 Å². The minimum absolute atomic E-state index is 0.178. The second kappa shape index (κ2) is 8.61. The van der Waals surface area contributed by atoms with Crippen LogP contribution in [0, 0.1) is 5.82 Å². The number of amides is 1. The van der Waals surface area contributed by atoms with Crippen molar-refractivity contribution >= 4 is 51.9 Å². The Morgan fingerprint density at radius 1 is 0.967 bits per heavy atom. The molecule has 0 aromatic heterocycles. The molecule has 1 fully saturated rings. The Bertz CT molecular complexity index is 1140. The average molecular weight is 436 g/mol. The molecule has 0 N–H and O–H groups in total. The van der Waals surface area contributed by atoms with E-state index in [1.54, 1.807) is 30.3 Å². The summed E-state index contributed by atoms with van der Waals surface area (Å²) in [4.78, 5) is 26.9. The molecular weight excluding hydrogens is 421 g/mol. The highest BCUT2D eigenvalue weighted by molar-refractivity contribution is 8.27. The van der Waals surface area contributed by atoms with Gasteiger partial charge in [0.1, 0.15) is 11.6 Å². The molecule has 1 heterocycles. The van der Waals surface area contributed by atoms with Gasteiger partial charge >= 0.3 is 5.97 Å². The van der Waals surface area contributed by atoms with Gasteiger partial charge in [0.15, 0.2) is 4.32 Å². The summed E-state index contributed by atoms with van der Waals surface area (Å²) >= 11 is 6.60. The zero-order valence-electron chi connectivity index (χ0n) is 15.4. The van der Waals surface area contributed by atoms with Gasteiger partial charge in [0, 0.05) is 0 Å². The molecule has 148 valence electrons. The third kappa shape index (κ3) is 4.32. The summed E-state index contributed by atoms with van der Waals surface area (Å²) < 4.78 is 18.7. The highest BCUT2D eigenvalue weighted by Crippen LogP contribution is 2.36. The fraction of sp³-hybridized carbons (Fsp3) is 0. The van der Waals surface area contributed by atoms with Crippen molar-refractivity contribution in [1.29, 1.82) is 0 Å². The van der Waals surface area contributed by atoms with Crippen LogP contribution in [-0.4, -0.2) is 16.2 Å². The van der Waals surface area contributed by atoms with Gasteiger partial charge in [-0.15, -0.1) is 0 Å². The summed E-state index contributed by atoms with van der Waals surface area (Å²) in [5, 5.41) is 0. The third-order valence-corrected chi connectivity index (χ3v) is 5.58. The molecule has 1 aliphatic rings. The van der Waals surface area contributed by atoms with Crippen LogP contribution in [0.2, 0.25) is 0 Å². The molecule has 7 heteroatoms. The number of ether oxygens (including phenoxy) is 1. The number of anilines is 1. The lowest BCUT2D eigenvalue weighted by Crippen LogP contribution is -2.27. The molecule has 0 aliphatic carbocycles. The lowest BCUT2D eigenvalue weighted by molar-refractivity contribution is -0.113. The third-order valence-electron chi connectivity index (χ3n) is 4.28. The number of hydrogen-bond donors (Lipinski definition) is 0. The quantitative estimate of drug-likeness (QED) is 0.236. The Morgan fingerprint density at radius 3 is 2.30 bits per heavy atom. The van der Waals surface area contributed by atoms with E-state index in [-0.39, 0.29) is 11.5 Å². The molecule has 0 atom stereocenters. The molecule has 1 amide bonds. The smallest absolute Gasteiger partial charge is 0.343 e. The number of rotatable bonds is 4. The van der Waals surface area contributed by atoms with E-state index in [1.165, 1.54) is 40.9 Å². The summed E-state index contributed by atoms with van der Waals surface area (Å²) in [6, 6.07) is 21.1. The van der Waals surface area contributed by atoms with Gasteiger partial charge in [0.25, 0.3) is 5.91 Å². The molecule has 3 aromatic carbocycles. The van der Waals surface area contributed by atoms with E-state index in [4.69, 9.17) is 17.0 Å². The number of thioether (sulfide) groups is 1. The first kappa shape index (κ1) is 20.0. The van der Waals surface area contributed by atoms with Crippen LogP contribution in [0.5, 0.6) is 5.75 Å². The Labute approximate surface area is 182 Å². The first-order valence-electron chi connectivity index (χ1n) is 8.92. The highest BCUT2D eigenvalue weighted by atomic mass is 32.2. The van der Waals surface area contributed by atoms with Crippen LogP contribution in [0.1, 0.15) is 15.9 Å². The molecule has 4 rings (SSSR count). The van der Waals surface area contributed by atoms with E-state index in [0.29, 0.717) is 15.0 Å². The largest absolute Gasteiger partial charge is 0.423 e. The van der Waals surface area contributed by atoms with E-state index in [9.17, 15) is 14.0 Å². The highest BCUT2D eigenvalue weighted by Gasteiger charge is 2.33. The number of hydrogen-bond acceptors (Lipinski definition) is 5. The maximum absolute atomic E-state index is 13.0. The average Bonchev–Trinajstić information content (AvgIpc) is 3.03. The van der Waals surface area contributed by atoms with Gasteiger partial charge in [0.05, 0.1) is 16.2 Å². The topological polar surface area (TPSA) is 46.6 Å². The van der Waals surface area contributed by atoms with Crippen molar-refractivity contribution in [2.45, 2.75) is 0 Å². The number of carbonyl (C=O) groups is 2. The molecule has 0 bridgehead atoms. The molecule has 4 nitrogen and oxygen atoms in total.